The summed E-state index contributed by atoms with van der Waals surface area (Å²) >= 11 is 0. The second-order valence-electron chi connectivity index (χ2n) is 8.14. The summed E-state index contributed by atoms with van der Waals surface area (Å²) in [5.41, 5.74) is 2.00. The van der Waals surface area contributed by atoms with Crippen molar-refractivity contribution >= 4 is 6.08 Å². The Hall–Kier alpha value is -2.00. The van der Waals surface area contributed by atoms with Gasteiger partial charge in [0, 0.05) is 17.7 Å². The van der Waals surface area contributed by atoms with Gasteiger partial charge in [0.25, 0.3) is 0 Å². The van der Waals surface area contributed by atoms with Crippen LogP contribution in [-0.4, -0.2) is 15.7 Å². The van der Waals surface area contributed by atoms with Crippen LogP contribution in [0.4, 0.5) is 4.39 Å². The van der Waals surface area contributed by atoms with Crippen molar-refractivity contribution in [1.29, 1.82) is 0 Å². The average Bonchev–Trinajstić information content (AvgIpc) is 2.89. The van der Waals surface area contributed by atoms with Crippen LogP contribution in [-0.2, 0) is 0 Å². The third-order valence-electron chi connectivity index (χ3n) is 6.24. The molecule has 0 saturated heterocycles. The molecule has 2 nitrogen and oxygen atoms in total. The van der Waals surface area contributed by atoms with E-state index in [0.717, 1.165) is 23.2 Å². The van der Waals surface area contributed by atoms with Crippen molar-refractivity contribution in [2.75, 3.05) is 0 Å². The lowest BCUT2D eigenvalue weighted by molar-refractivity contribution is 0.0297. The second-order valence-corrected chi connectivity index (χ2v) is 8.14. The zero-order valence-electron chi connectivity index (χ0n) is 15.2. The number of aromatic nitrogens is 1. The zero-order chi connectivity index (χ0) is 18.1. The van der Waals surface area contributed by atoms with Crippen LogP contribution in [0.5, 0.6) is 0 Å². The number of benzene rings is 1. The SMILES string of the molecule is C[C@@]1(O)C[C@H]2CCCC[C@H]2[C@@H]1/C=C/c1ccc(-c2cccc(F)c2)cn1. The molecule has 2 fully saturated rings. The first-order valence-corrected chi connectivity index (χ1v) is 9.65. The van der Waals surface area contributed by atoms with Crippen molar-refractivity contribution in [2.24, 2.45) is 17.8 Å². The van der Waals surface area contributed by atoms with Crippen molar-refractivity contribution in [1.82, 2.24) is 4.98 Å². The molecule has 136 valence electrons. The van der Waals surface area contributed by atoms with E-state index >= 15 is 0 Å². The van der Waals surface area contributed by atoms with Crippen LogP contribution in [0.1, 0.15) is 44.7 Å². The number of hydrogen-bond acceptors (Lipinski definition) is 2. The van der Waals surface area contributed by atoms with E-state index in [2.05, 4.69) is 11.1 Å². The molecule has 1 aromatic heterocycles. The largest absolute Gasteiger partial charge is 0.390 e. The molecule has 0 bridgehead atoms. The Labute approximate surface area is 154 Å². The van der Waals surface area contributed by atoms with Crippen LogP contribution in [0.2, 0.25) is 0 Å². The number of halogens is 1. The summed E-state index contributed by atoms with van der Waals surface area (Å²) in [6.07, 6.45) is 12.0. The summed E-state index contributed by atoms with van der Waals surface area (Å²) < 4.78 is 13.4. The van der Waals surface area contributed by atoms with Crippen molar-refractivity contribution in [2.45, 2.75) is 44.6 Å². The fraction of sp³-hybridized carbons (Fsp3) is 0.435. The molecule has 0 aliphatic heterocycles. The van der Waals surface area contributed by atoms with Gasteiger partial charge in [0.05, 0.1) is 11.3 Å². The Kier molecular flexibility index (Phi) is 4.66. The number of hydrogen-bond donors (Lipinski definition) is 1. The van der Waals surface area contributed by atoms with Crippen LogP contribution in [0.3, 0.4) is 0 Å². The number of fused-ring (bicyclic) bond motifs is 1. The summed E-state index contributed by atoms with van der Waals surface area (Å²) in [7, 11) is 0. The normalized spacial score (nSPS) is 31.3. The van der Waals surface area contributed by atoms with Crippen molar-refractivity contribution < 1.29 is 9.50 Å². The van der Waals surface area contributed by atoms with Gasteiger partial charge in [0.2, 0.25) is 0 Å². The van der Waals surface area contributed by atoms with Crippen molar-refractivity contribution in [3.05, 3.63) is 60.2 Å². The highest BCUT2D eigenvalue weighted by atomic mass is 19.1. The lowest BCUT2D eigenvalue weighted by Crippen LogP contribution is -2.30. The molecule has 3 heteroatoms. The van der Waals surface area contributed by atoms with E-state index in [0.29, 0.717) is 11.8 Å². The second kappa shape index (κ2) is 6.96. The van der Waals surface area contributed by atoms with Gasteiger partial charge in [-0.2, -0.15) is 0 Å². The van der Waals surface area contributed by atoms with E-state index in [1.54, 1.807) is 12.3 Å². The fourth-order valence-electron chi connectivity index (χ4n) is 4.99. The van der Waals surface area contributed by atoms with Gasteiger partial charge in [-0.05, 0) is 61.4 Å². The summed E-state index contributed by atoms with van der Waals surface area (Å²) in [4.78, 5) is 4.51. The monoisotopic (exact) mass is 351 g/mol. The van der Waals surface area contributed by atoms with Crippen LogP contribution in [0.25, 0.3) is 17.2 Å². The van der Waals surface area contributed by atoms with Crippen molar-refractivity contribution in [3.63, 3.8) is 0 Å². The Bertz CT molecular complexity index is 796. The van der Waals surface area contributed by atoms with Gasteiger partial charge >= 0.3 is 0 Å². The minimum atomic E-state index is -0.613. The third-order valence-corrected chi connectivity index (χ3v) is 6.24. The van der Waals surface area contributed by atoms with Crippen LogP contribution >= 0.6 is 0 Å². The maximum absolute atomic E-state index is 13.4. The first-order chi connectivity index (χ1) is 12.5. The maximum Gasteiger partial charge on any atom is 0.123 e. The molecule has 0 spiro atoms. The van der Waals surface area contributed by atoms with Crippen LogP contribution < -0.4 is 0 Å². The lowest BCUT2D eigenvalue weighted by atomic mass is 9.77. The highest BCUT2D eigenvalue weighted by Gasteiger charge is 2.48. The van der Waals surface area contributed by atoms with Gasteiger partial charge in [0.1, 0.15) is 5.82 Å². The molecule has 2 aliphatic carbocycles. The standard InChI is InChI=1S/C23H26FNO/c1-23(26)14-17-5-2-3-8-21(17)22(23)12-11-20-10-9-18(15-25-20)16-6-4-7-19(24)13-16/h4,6-7,9-13,15,17,21-22,26H,2-3,5,8,14H2,1H3/b12-11+/t17-,21-,22+,23-/m1/s1. The Balaban J connectivity index is 1.51. The highest BCUT2D eigenvalue weighted by Crippen LogP contribution is 2.51. The molecule has 2 aromatic rings. The predicted molar refractivity (Wildman–Crippen MR) is 103 cm³/mol. The van der Waals surface area contributed by atoms with Gasteiger partial charge < -0.3 is 5.11 Å². The van der Waals surface area contributed by atoms with Gasteiger partial charge in [-0.3, -0.25) is 4.98 Å². The quantitative estimate of drug-likeness (QED) is 0.794. The summed E-state index contributed by atoms with van der Waals surface area (Å²) in [5, 5.41) is 10.9. The lowest BCUT2D eigenvalue weighted by Gasteiger charge is -2.29. The first kappa shape index (κ1) is 17.4. The molecule has 0 radical (unpaired) electrons. The van der Waals surface area contributed by atoms with Gasteiger partial charge in [-0.25, -0.2) is 4.39 Å². The van der Waals surface area contributed by atoms with Crippen LogP contribution in [0, 0.1) is 23.6 Å². The van der Waals surface area contributed by atoms with E-state index in [4.69, 9.17) is 0 Å². The first-order valence-electron chi connectivity index (χ1n) is 9.65. The summed E-state index contributed by atoms with van der Waals surface area (Å²) in [6, 6.07) is 10.5. The zero-order valence-corrected chi connectivity index (χ0v) is 15.2. The van der Waals surface area contributed by atoms with Crippen molar-refractivity contribution in [3.8, 4) is 11.1 Å². The molecule has 2 aliphatic rings. The molecular weight excluding hydrogens is 325 g/mol. The molecule has 1 aromatic carbocycles. The van der Waals surface area contributed by atoms with E-state index < -0.39 is 5.60 Å². The number of pyridine rings is 1. The van der Waals surface area contributed by atoms with Gasteiger partial charge in [-0.1, -0.05) is 43.5 Å². The minimum Gasteiger partial charge on any atom is -0.390 e. The fourth-order valence-corrected chi connectivity index (χ4v) is 4.99. The van der Waals surface area contributed by atoms with E-state index in [1.165, 1.54) is 37.8 Å². The number of aliphatic hydroxyl groups is 1. The van der Waals surface area contributed by atoms with E-state index in [1.807, 2.05) is 31.2 Å². The molecule has 1 heterocycles. The number of nitrogens with zero attached hydrogens (tertiary/aromatic N) is 1. The molecule has 0 amide bonds. The Morgan fingerprint density at radius 3 is 2.77 bits per heavy atom. The molecular formula is C23H26FNO. The van der Waals surface area contributed by atoms with Gasteiger partial charge in [-0.15, -0.1) is 0 Å². The Morgan fingerprint density at radius 2 is 2.00 bits per heavy atom. The summed E-state index contributed by atoms with van der Waals surface area (Å²) in [5.74, 6) is 1.23. The summed E-state index contributed by atoms with van der Waals surface area (Å²) in [6.45, 7) is 1.99. The Morgan fingerprint density at radius 1 is 1.15 bits per heavy atom. The highest BCUT2D eigenvalue weighted by molar-refractivity contribution is 5.63. The third kappa shape index (κ3) is 3.45. The average molecular weight is 351 g/mol. The molecule has 2 saturated carbocycles. The molecule has 1 N–H and O–H groups in total. The number of rotatable bonds is 3. The molecule has 4 atom stereocenters. The smallest absolute Gasteiger partial charge is 0.123 e. The topological polar surface area (TPSA) is 33.1 Å². The van der Waals surface area contributed by atoms with E-state index in [-0.39, 0.29) is 11.7 Å². The molecule has 26 heavy (non-hydrogen) atoms. The minimum absolute atomic E-state index is 0.206. The maximum atomic E-state index is 13.4. The van der Waals surface area contributed by atoms with E-state index in [9.17, 15) is 9.50 Å². The van der Waals surface area contributed by atoms with Crippen LogP contribution in [0.15, 0.2) is 48.7 Å². The molecule has 0 unspecified atom stereocenters. The van der Waals surface area contributed by atoms with Gasteiger partial charge in [0.15, 0.2) is 0 Å². The predicted octanol–water partition coefficient (Wildman–Crippen LogP) is 5.48. The molecule has 4 rings (SSSR count).